The van der Waals surface area contributed by atoms with Crippen molar-refractivity contribution in [2.24, 2.45) is 0 Å². The minimum Gasteiger partial charge on any atom is -0.493 e. The Kier molecular flexibility index (Phi) is 6.30. The van der Waals surface area contributed by atoms with Gasteiger partial charge in [0.15, 0.2) is 11.5 Å². The number of benzene rings is 1. The van der Waals surface area contributed by atoms with Crippen LogP contribution in [-0.4, -0.2) is 65.7 Å². The highest BCUT2D eigenvalue weighted by molar-refractivity contribution is 5.55. The summed E-state index contributed by atoms with van der Waals surface area (Å²) in [4.78, 5) is 2.18. The van der Waals surface area contributed by atoms with Crippen LogP contribution in [0.3, 0.4) is 0 Å². The summed E-state index contributed by atoms with van der Waals surface area (Å²) >= 11 is 0. The van der Waals surface area contributed by atoms with E-state index in [-0.39, 0.29) is 6.10 Å². The molecule has 0 spiro atoms. The Morgan fingerprint density at radius 1 is 1.09 bits per heavy atom. The van der Waals surface area contributed by atoms with Crippen LogP contribution in [-0.2, 0) is 16.0 Å². The van der Waals surface area contributed by atoms with Gasteiger partial charge in [0.1, 0.15) is 0 Å². The van der Waals surface area contributed by atoms with E-state index in [1.807, 2.05) is 19.2 Å². The Morgan fingerprint density at radius 2 is 1.86 bits per heavy atom. The predicted octanol–water partition coefficient (Wildman–Crippen LogP) is 1.56. The second kappa shape index (κ2) is 8.22. The summed E-state index contributed by atoms with van der Waals surface area (Å²) in [5, 5.41) is 0. The highest BCUT2D eigenvalue weighted by Gasteiger charge is 2.20. The third-order valence-electron chi connectivity index (χ3n) is 3.63. The van der Waals surface area contributed by atoms with Gasteiger partial charge >= 0.3 is 0 Å². The van der Waals surface area contributed by atoms with E-state index in [4.69, 9.17) is 23.7 Å². The first-order valence-electron chi connectivity index (χ1n) is 7.35. The molecule has 6 heteroatoms. The Bertz CT molecular complexity index is 474. The maximum Gasteiger partial charge on any atom is 0.203 e. The quantitative estimate of drug-likeness (QED) is 0.762. The fourth-order valence-electron chi connectivity index (χ4n) is 2.63. The zero-order valence-corrected chi connectivity index (χ0v) is 13.8. The molecule has 1 aromatic carbocycles. The van der Waals surface area contributed by atoms with Gasteiger partial charge in [0, 0.05) is 18.7 Å². The average molecular weight is 311 g/mol. The van der Waals surface area contributed by atoms with Crippen LogP contribution in [0.2, 0.25) is 0 Å². The first-order valence-corrected chi connectivity index (χ1v) is 7.35. The lowest BCUT2D eigenvalue weighted by atomic mass is 10.1. The van der Waals surface area contributed by atoms with Gasteiger partial charge in [-0.15, -0.1) is 0 Å². The van der Waals surface area contributed by atoms with Gasteiger partial charge in [0.25, 0.3) is 0 Å². The van der Waals surface area contributed by atoms with Crippen molar-refractivity contribution in [2.45, 2.75) is 12.6 Å². The summed E-state index contributed by atoms with van der Waals surface area (Å²) in [6, 6.07) is 3.89. The van der Waals surface area contributed by atoms with Gasteiger partial charge in [-0.25, -0.2) is 0 Å². The second-order valence-electron chi connectivity index (χ2n) is 5.26. The average Bonchev–Trinajstić information content (AvgIpc) is 2.55. The van der Waals surface area contributed by atoms with E-state index in [1.165, 1.54) is 0 Å². The molecule has 0 bridgehead atoms. The van der Waals surface area contributed by atoms with Crippen LogP contribution in [0.25, 0.3) is 0 Å². The van der Waals surface area contributed by atoms with Gasteiger partial charge in [-0.1, -0.05) is 6.07 Å². The molecule has 0 aromatic heterocycles. The molecule has 0 radical (unpaired) electrons. The van der Waals surface area contributed by atoms with Crippen LogP contribution in [0.15, 0.2) is 12.1 Å². The zero-order chi connectivity index (χ0) is 15.9. The molecule has 0 saturated carbocycles. The molecule has 0 amide bonds. The first-order chi connectivity index (χ1) is 10.7. The van der Waals surface area contributed by atoms with Crippen molar-refractivity contribution < 1.29 is 23.7 Å². The number of hydrogen-bond donors (Lipinski definition) is 0. The molecule has 6 nitrogen and oxygen atoms in total. The van der Waals surface area contributed by atoms with E-state index < -0.39 is 0 Å². The molecule has 0 N–H and O–H groups in total. The third kappa shape index (κ3) is 4.03. The second-order valence-corrected chi connectivity index (χ2v) is 5.26. The number of nitrogens with zero attached hydrogens (tertiary/aromatic N) is 1. The monoisotopic (exact) mass is 311 g/mol. The predicted molar refractivity (Wildman–Crippen MR) is 83.0 cm³/mol. The van der Waals surface area contributed by atoms with Crippen LogP contribution in [0, 0.1) is 0 Å². The van der Waals surface area contributed by atoms with Crippen molar-refractivity contribution in [2.75, 3.05) is 54.7 Å². The van der Waals surface area contributed by atoms with Gasteiger partial charge in [0.05, 0.1) is 47.3 Å². The first kappa shape index (κ1) is 16.9. The summed E-state index contributed by atoms with van der Waals surface area (Å²) < 4.78 is 27.3. The molecule has 1 saturated heterocycles. The lowest BCUT2D eigenvalue weighted by Gasteiger charge is -2.28. The van der Waals surface area contributed by atoms with E-state index >= 15 is 0 Å². The Hall–Kier alpha value is -1.50. The van der Waals surface area contributed by atoms with Crippen LogP contribution < -0.4 is 14.2 Å². The molecule has 1 aromatic rings. The fourth-order valence-corrected chi connectivity index (χ4v) is 2.63. The SMILES string of the molecule is COc1ccc(CN(C)C[C@H]2COCCO2)c(OC)c1OC. The summed E-state index contributed by atoms with van der Waals surface area (Å²) in [7, 11) is 6.91. The molecule has 2 rings (SSSR count). The minimum absolute atomic E-state index is 0.116. The van der Waals surface area contributed by atoms with Crippen molar-refractivity contribution in [3.63, 3.8) is 0 Å². The summed E-state index contributed by atoms with van der Waals surface area (Å²) in [6.45, 7) is 3.52. The van der Waals surface area contributed by atoms with Crippen LogP contribution >= 0.6 is 0 Å². The van der Waals surface area contributed by atoms with E-state index in [9.17, 15) is 0 Å². The molecule has 1 atom stereocenters. The maximum absolute atomic E-state index is 5.68. The fraction of sp³-hybridized carbons (Fsp3) is 0.625. The number of hydrogen-bond acceptors (Lipinski definition) is 6. The van der Waals surface area contributed by atoms with Crippen molar-refractivity contribution in [1.29, 1.82) is 0 Å². The van der Waals surface area contributed by atoms with Gasteiger partial charge < -0.3 is 23.7 Å². The van der Waals surface area contributed by atoms with E-state index in [1.54, 1.807) is 21.3 Å². The normalized spacial score (nSPS) is 18.3. The van der Waals surface area contributed by atoms with Crippen LogP contribution in [0.1, 0.15) is 5.56 Å². The van der Waals surface area contributed by atoms with Crippen LogP contribution in [0.4, 0.5) is 0 Å². The lowest BCUT2D eigenvalue weighted by Crippen LogP contribution is -2.38. The molecule has 0 aliphatic carbocycles. The van der Waals surface area contributed by atoms with Gasteiger partial charge in [0.2, 0.25) is 5.75 Å². The topological polar surface area (TPSA) is 49.4 Å². The number of likely N-dealkylation sites (N-methyl/N-ethyl adjacent to an activating group) is 1. The molecule has 1 aliphatic heterocycles. The summed E-state index contributed by atoms with van der Waals surface area (Å²) in [5.41, 5.74) is 1.04. The van der Waals surface area contributed by atoms with Gasteiger partial charge in [-0.3, -0.25) is 4.90 Å². The zero-order valence-electron chi connectivity index (χ0n) is 13.8. The number of methoxy groups -OCH3 is 3. The molecule has 124 valence electrons. The summed E-state index contributed by atoms with van der Waals surface area (Å²) in [5.74, 6) is 1.98. The maximum atomic E-state index is 5.68. The Morgan fingerprint density at radius 3 is 2.45 bits per heavy atom. The van der Waals surface area contributed by atoms with Crippen LogP contribution in [0.5, 0.6) is 17.2 Å². The smallest absolute Gasteiger partial charge is 0.203 e. The minimum atomic E-state index is 0.116. The largest absolute Gasteiger partial charge is 0.493 e. The van der Waals surface area contributed by atoms with E-state index in [0.717, 1.165) is 18.7 Å². The van der Waals surface area contributed by atoms with Crippen molar-refractivity contribution in [3.05, 3.63) is 17.7 Å². The number of rotatable bonds is 7. The van der Waals surface area contributed by atoms with Gasteiger partial charge in [-0.2, -0.15) is 0 Å². The molecule has 1 aliphatic rings. The van der Waals surface area contributed by atoms with E-state index in [2.05, 4.69) is 4.90 Å². The molecule has 22 heavy (non-hydrogen) atoms. The van der Waals surface area contributed by atoms with Crippen molar-refractivity contribution in [3.8, 4) is 17.2 Å². The third-order valence-corrected chi connectivity index (χ3v) is 3.63. The Labute approximate surface area is 131 Å². The summed E-state index contributed by atoms with van der Waals surface area (Å²) in [6.07, 6.45) is 0.116. The number of ether oxygens (including phenoxy) is 5. The van der Waals surface area contributed by atoms with Crippen molar-refractivity contribution in [1.82, 2.24) is 4.90 Å². The molecular weight excluding hydrogens is 286 g/mol. The molecule has 0 unspecified atom stereocenters. The lowest BCUT2D eigenvalue weighted by molar-refractivity contribution is -0.0963. The highest BCUT2D eigenvalue weighted by Crippen LogP contribution is 2.40. The molecule has 1 fully saturated rings. The Balaban J connectivity index is 2.07. The van der Waals surface area contributed by atoms with Crippen molar-refractivity contribution >= 4 is 0 Å². The highest BCUT2D eigenvalue weighted by atomic mass is 16.6. The van der Waals surface area contributed by atoms with Gasteiger partial charge in [-0.05, 0) is 13.1 Å². The van der Waals surface area contributed by atoms with E-state index in [0.29, 0.717) is 37.1 Å². The molecule has 1 heterocycles. The standard InChI is InChI=1S/C16H25NO5/c1-17(10-13-11-21-7-8-22-13)9-12-5-6-14(18-2)16(20-4)15(12)19-3/h5-6,13H,7-11H2,1-4H3/t13-/m0/s1. The molecular formula is C16H25NO5.